The first-order valence-corrected chi connectivity index (χ1v) is 21.9. The maximum Gasteiger partial charge on any atom is 0.252 e. The lowest BCUT2D eigenvalue weighted by molar-refractivity contribution is 0.174. The Hall–Kier alpha value is -7.12. The molecule has 308 valence electrons. The molecule has 0 atom stereocenters. The van der Waals surface area contributed by atoms with Gasteiger partial charge in [-0.3, -0.25) is 0 Å². The van der Waals surface area contributed by atoms with Crippen molar-refractivity contribution in [1.29, 1.82) is 0 Å². The number of benzene rings is 7. The number of hydrogen-bond donors (Lipinski definition) is 0. The molecule has 7 aromatic carbocycles. The van der Waals surface area contributed by atoms with Gasteiger partial charge in [0.05, 0.1) is 5.69 Å². The van der Waals surface area contributed by atoms with Crippen LogP contribution in [0.3, 0.4) is 0 Å². The van der Waals surface area contributed by atoms with E-state index >= 15 is 0 Å². The second-order valence-corrected chi connectivity index (χ2v) is 19.4. The summed E-state index contributed by atoms with van der Waals surface area (Å²) in [6, 6.07) is 52.7. The Morgan fingerprint density at radius 1 is 0.508 bits per heavy atom. The molecule has 63 heavy (non-hydrogen) atoms. The Balaban J connectivity index is 1.15. The van der Waals surface area contributed by atoms with Crippen molar-refractivity contribution >= 4 is 79.2 Å². The highest BCUT2D eigenvalue weighted by atomic mass is 16.7. The van der Waals surface area contributed by atoms with Crippen molar-refractivity contribution in [2.45, 2.75) is 59.3 Å². The normalized spacial score (nSPS) is 14.0. The highest BCUT2D eigenvalue weighted by Crippen LogP contribution is 2.51. The number of aryl methyl sites for hydroxylation is 1. The Morgan fingerprint density at radius 3 is 1.73 bits per heavy atom. The molecule has 12 rings (SSSR count). The van der Waals surface area contributed by atoms with E-state index in [4.69, 9.17) is 18.3 Å². The van der Waals surface area contributed by atoms with Crippen LogP contribution in [0.1, 0.15) is 58.2 Å². The number of anilines is 6. The molecule has 7 heteroatoms. The predicted octanol–water partition coefficient (Wildman–Crippen LogP) is 13.2. The number of furan rings is 2. The van der Waals surface area contributed by atoms with Crippen LogP contribution in [0, 0.1) is 6.92 Å². The van der Waals surface area contributed by atoms with E-state index in [1.807, 2.05) is 24.3 Å². The van der Waals surface area contributed by atoms with Crippen LogP contribution in [0.15, 0.2) is 154 Å². The topological polar surface area (TPSA) is 51.2 Å². The van der Waals surface area contributed by atoms with Gasteiger partial charge in [0.2, 0.25) is 6.79 Å². The van der Waals surface area contributed by atoms with Crippen LogP contribution in [-0.4, -0.2) is 13.5 Å². The fourth-order valence-electron chi connectivity index (χ4n) is 9.98. The van der Waals surface area contributed by atoms with E-state index < -0.39 is 0 Å². The second-order valence-electron chi connectivity index (χ2n) is 19.4. The first kappa shape index (κ1) is 37.6. The van der Waals surface area contributed by atoms with Gasteiger partial charge in [-0.2, -0.15) is 0 Å². The first-order valence-electron chi connectivity index (χ1n) is 21.9. The molecular formula is C56H47BN2O4. The van der Waals surface area contributed by atoms with Gasteiger partial charge in [0.25, 0.3) is 6.71 Å². The summed E-state index contributed by atoms with van der Waals surface area (Å²) in [4.78, 5) is 4.89. The quantitative estimate of drug-likeness (QED) is 0.165. The fraction of sp³-hybridized carbons (Fsp3) is 0.179. The standard InChI is InChI=1S/C56H47BN2O4/c1-33-24-45-52-46(25-33)59(40-19-16-38(17-20-40)55(2,3)4)53-42(21-23-49-54(53)61-32-60-49)57(52)43-31-39(56(5,6)7)18-22-44(43)58(45)41-27-36(50-29-34-12-8-10-14-47(34)62-50)26-37(28-41)51-30-35-13-9-11-15-48(35)63-51/h8-31H,32H2,1-7H3. The van der Waals surface area contributed by atoms with E-state index in [1.165, 1.54) is 27.5 Å². The number of fused-ring (bicyclic) bond motifs is 8. The number of rotatable bonds is 4. The van der Waals surface area contributed by atoms with Crippen molar-refractivity contribution in [2.75, 3.05) is 16.6 Å². The third-order valence-electron chi connectivity index (χ3n) is 13.2. The highest BCUT2D eigenvalue weighted by Gasteiger charge is 2.46. The number of hydrogen-bond acceptors (Lipinski definition) is 6. The average Bonchev–Trinajstić information content (AvgIpc) is 4.04. The fourth-order valence-corrected chi connectivity index (χ4v) is 9.98. The minimum Gasteiger partial charge on any atom is -0.456 e. The SMILES string of the molecule is Cc1cc2c3c(c1)N(c1ccc(C(C)(C)C)cc1)c1c(ccc4c1OCO4)B3c1cc(C(C)(C)C)ccc1N2c1cc(-c2cc3ccccc3o2)cc(-c2cc3ccccc3o2)c1. The molecule has 6 nitrogen and oxygen atoms in total. The first-order chi connectivity index (χ1) is 30.4. The van der Waals surface area contributed by atoms with E-state index in [0.29, 0.717) is 0 Å². The summed E-state index contributed by atoms with van der Waals surface area (Å²) in [7, 11) is 0. The van der Waals surface area contributed by atoms with Gasteiger partial charge < -0.3 is 28.1 Å². The molecule has 0 unspecified atom stereocenters. The Morgan fingerprint density at radius 2 is 1.11 bits per heavy atom. The molecule has 0 aliphatic carbocycles. The Kier molecular flexibility index (Phi) is 8.03. The van der Waals surface area contributed by atoms with E-state index in [2.05, 4.69) is 180 Å². The third-order valence-corrected chi connectivity index (χ3v) is 13.2. The van der Waals surface area contributed by atoms with Crippen LogP contribution in [0.25, 0.3) is 44.6 Å². The summed E-state index contributed by atoms with van der Waals surface area (Å²) in [6.45, 7) is 16.0. The highest BCUT2D eigenvalue weighted by molar-refractivity contribution is 7.00. The van der Waals surface area contributed by atoms with Gasteiger partial charge in [-0.05, 0) is 130 Å². The molecule has 9 aromatic rings. The van der Waals surface area contributed by atoms with Crippen molar-refractivity contribution in [3.05, 3.63) is 162 Å². The largest absolute Gasteiger partial charge is 0.456 e. The van der Waals surface area contributed by atoms with E-state index in [1.54, 1.807) is 0 Å². The van der Waals surface area contributed by atoms with Crippen LogP contribution in [0.2, 0.25) is 0 Å². The number of nitrogens with zero attached hydrogens (tertiary/aromatic N) is 2. The summed E-state index contributed by atoms with van der Waals surface area (Å²) in [5.41, 5.74) is 17.4. The van der Waals surface area contributed by atoms with E-state index in [0.717, 1.165) is 95.8 Å². The van der Waals surface area contributed by atoms with Gasteiger partial charge >= 0.3 is 0 Å². The van der Waals surface area contributed by atoms with Crippen molar-refractivity contribution < 1.29 is 18.3 Å². The summed E-state index contributed by atoms with van der Waals surface area (Å²) < 4.78 is 25.8. The second kappa shape index (κ2) is 13.4. The summed E-state index contributed by atoms with van der Waals surface area (Å²) >= 11 is 0. The van der Waals surface area contributed by atoms with E-state index in [-0.39, 0.29) is 24.3 Å². The van der Waals surface area contributed by atoms with Crippen molar-refractivity contribution in [2.24, 2.45) is 0 Å². The zero-order valence-corrected chi connectivity index (χ0v) is 36.7. The maximum absolute atomic E-state index is 6.61. The van der Waals surface area contributed by atoms with Crippen LogP contribution in [-0.2, 0) is 10.8 Å². The van der Waals surface area contributed by atoms with Crippen LogP contribution in [0.4, 0.5) is 34.1 Å². The molecule has 0 radical (unpaired) electrons. The van der Waals surface area contributed by atoms with Gasteiger partial charge in [0.15, 0.2) is 11.5 Å². The molecule has 3 aliphatic heterocycles. The lowest BCUT2D eigenvalue weighted by Gasteiger charge is -2.45. The molecule has 2 aromatic heterocycles. The molecule has 0 N–H and O–H groups in total. The number of para-hydroxylation sites is 2. The lowest BCUT2D eigenvalue weighted by atomic mass is 9.33. The summed E-state index contributed by atoms with van der Waals surface area (Å²) in [5.74, 6) is 3.15. The monoisotopic (exact) mass is 822 g/mol. The molecule has 5 heterocycles. The van der Waals surface area contributed by atoms with Crippen LogP contribution >= 0.6 is 0 Å². The summed E-state index contributed by atoms with van der Waals surface area (Å²) in [5, 5.41) is 2.12. The molecule has 0 saturated heterocycles. The average molecular weight is 823 g/mol. The Labute approximate surface area is 368 Å². The van der Waals surface area contributed by atoms with Gasteiger partial charge in [0.1, 0.15) is 22.7 Å². The maximum atomic E-state index is 6.61. The zero-order valence-electron chi connectivity index (χ0n) is 36.7. The van der Waals surface area contributed by atoms with Gasteiger partial charge in [-0.25, -0.2) is 0 Å². The number of ether oxygens (including phenoxy) is 2. The molecule has 0 spiro atoms. The van der Waals surface area contributed by atoms with Crippen molar-refractivity contribution in [1.82, 2.24) is 0 Å². The smallest absolute Gasteiger partial charge is 0.252 e. The molecule has 0 amide bonds. The van der Waals surface area contributed by atoms with Gasteiger partial charge in [-0.1, -0.05) is 108 Å². The lowest BCUT2D eigenvalue weighted by Crippen LogP contribution is -2.61. The van der Waals surface area contributed by atoms with Gasteiger partial charge in [-0.15, -0.1) is 0 Å². The minimum atomic E-state index is -0.0906. The van der Waals surface area contributed by atoms with Crippen LogP contribution < -0.4 is 35.7 Å². The molecule has 0 fully saturated rings. The minimum absolute atomic E-state index is 0.0111. The molecule has 3 aliphatic rings. The van der Waals surface area contributed by atoms with E-state index in [9.17, 15) is 0 Å². The zero-order chi connectivity index (χ0) is 42.9. The summed E-state index contributed by atoms with van der Waals surface area (Å²) in [6.07, 6.45) is 0. The van der Waals surface area contributed by atoms with Crippen molar-refractivity contribution in [3.8, 4) is 34.1 Å². The molecule has 0 saturated carbocycles. The van der Waals surface area contributed by atoms with Crippen LogP contribution in [0.5, 0.6) is 11.5 Å². The van der Waals surface area contributed by atoms with Crippen molar-refractivity contribution in [3.63, 3.8) is 0 Å². The predicted molar refractivity (Wildman–Crippen MR) is 259 cm³/mol. The molecule has 0 bridgehead atoms. The third kappa shape index (κ3) is 5.93. The van der Waals surface area contributed by atoms with Gasteiger partial charge in [0, 0.05) is 50.3 Å². The Bertz CT molecular complexity index is 3170. The molecular weight excluding hydrogens is 775 g/mol.